The Morgan fingerprint density at radius 1 is 1.16 bits per heavy atom. The lowest BCUT2D eigenvalue weighted by Gasteiger charge is -2.17. The Balaban J connectivity index is 2.11. The lowest BCUT2D eigenvalue weighted by atomic mass is 9.90. The van der Waals surface area contributed by atoms with Gasteiger partial charge in [0.05, 0.1) is 0 Å². The molecular formula is C19H23ClN4O. The molecule has 2 heterocycles. The third-order valence-electron chi connectivity index (χ3n) is 4.19. The summed E-state index contributed by atoms with van der Waals surface area (Å²) in [6.07, 6.45) is 1.69. The molecule has 0 aliphatic carbocycles. The van der Waals surface area contributed by atoms with Crippen LogP contribution in [0.15, 0.2) is 29.1 Å². The molecule has 0 spiro atoms. The quantitative estimate of drug-likeness (QED) is 0.749. The molecule has 1 aromatic carbocycles. The van der Waals surface area contributed by atoms with Crippen molar-refractivity contribution in [1.82, 2.24) is 19.5 Å². The van der Waals surface area contributed by atoms with Crippen molar-refractivity contribution in [3.8, 4) is 11.4 Å². The fourth-order valence-electron chi connectivity index (χ4n) is 2.79. The Bertz CT molecular complexity index is 948. The molecule has 0 atom stereocenters. The van der Waals surface area contributed by atoms with Crippen LogP contribution < -0.4 is 5.56 Å². The van der Waals surface area contributed by atoms with Gasteiger partial charge in [0.15, 0.2) is 11.2 Å². The molecule has 5 nitrogen and oxygen atoms in total. The number of hydrogen-bond donors (Lipinski definition) is 1. The van der Waals surface area contributed by atoms with Gasteiger partial charge in [-0.1, -0.05) is 32.4 Å². The van der Waals surface area contributed by atoms with Crippen molar-refractivity contribution in [2.24, 2.45) is 5.41 Å². The Hall–Kier alpha value is -2.14. The van der Waals surface area contributed by atoms with Gasteiger partial charge < -0.3 is 9.55 Å². The van der Waals surface area contributed by atoms with E-state index in [1.165, 1.54) is 0 Å². The van der Waals surface area contributed by atoms with Crippen molar-refractivity contribution >= 4 is 22.8 Å². The molecule has 0 fully saturated rings. The van der Waals surface area contributed by atoms with Gasteiger partial charge in [0.25, 0.3) is 5.56 Å². The zero-order valence-corrected chi connectivity index (χ0v) is 15.8. The van der Waals surface area contributed by atoms with Crippen LogP contribution >= 0.6 is 11.6 Å². The zero-order valence-electron chi connectivity index (χ0n) is 15.1. The average Bonchev–Trinajstić information content (AvgIpc) is 2.92. The summed E-state index contributed by atoms with van der Waals surface area (Å²) in [6.45, 7) is 9.25. The molecule has 0 amide bonds. The van der Waals surface area contributed by atoms with Crippen molar-refractivity contribution in [2.45, 2.75) is 47.1 Å². The van der Waals surface area contributed by atoms with Crippen molar-refractivity contribution < 1.29 is 0 Å². The lowest BCUT2D eigenvalue weighted by molar-refractivity contribution is 0.374. The second-order valence-electron chi connectivity index (χ2n) is 7.43. The first-order valence-electron chi connectivity index (χ1n) is 8.54. The Morgan fingerprint density at radius 3 is 2.44 bits per heavy atom. The highest BCUT2D eigenvalue weighted by molar-refractivity contribution is 6.30. The average molecular weight is 359 g/mol. The number of nitrogens with one attached hydrogen (secondary N) is 1. The highest BCUT2D eigenvalue weighted by atomic mass is 35.5. The molecule has 3 aromatic rings. The van der Waals surface area contributed by atoms with Crippen LogP contribution in [-0.2, 0) is 13.0 Å². The van der Waals surface area contributed by atoms with Crippen LogP contribution in [-0.4, -0.2) is 19.5 Å². The first-order chi connectivity index (χ1) is 11.8. The van der Waals surface area contributed by atoms with Crippen molar-refractivity contribution in [3.63, 3.8) is 0 Å². The lowest BCUT2D eigenvalue weighted by Crippen LogP contribution is -2.15. The van der Waals surface area contributed by atoms with E-state index >= 15 is 0 Å². The molecule has 132 valence electrons. The molecule has 3 rings (SSSR count). The summed E-state index contributed by atoms with van der Waals surface area (Å²) in [7, 11) is 0. The molecule has 25 heavy (non-hydrogen) atoms. The van der Waals surface area contributed by atoms with Crippen molar-refractivity contribution in [2.75, 3.05) is 0 Å². The molecule has 2 aromatic heterocycles. The number of aryl methyl sites for hydroxylation is 2. The Kier molecular flexibility index (Phi) is 4.69. The molecule has 0 aliphatic rings. The van der Waals surface area contributed by atoms with Crippen LogP contribution in [0.25, 0.3) is 22.6 Å². The zero-order chi connectivity index (χ0) is 18.2. The standard InChI is InChI=1S/C19H23ClN4O/c1-5-24-16(12-6-8-13(20)9-7-12)23-15-17(24)21-14(22-18(15)25)10-11-19(2,3)4/h6-9H,5,10-11H2,1-4H3,(H,21,22,25). The van der Waals surface area contributed by atoms with Crippen LogP contribution in [0.2, 0.25) is 5.02 Å². The number of imidazole rings is 1. The summed E-state index contributed by atoms with van der Waals surface area (Å²) >= 11 is 5.97. The van der Waals surface area contributed by atoms with Gasteiger partial charge in [-0.05, 0) is 43.0 Å². The van der Waals surface area contributed by atoms with E-state index in [4.69, 9.17) is 16.6 Å². The third kappa shape index (κ3) is 3.76. The Labute approximate surface area is 152 Å². The highest BCUT2D eigenvalue weighted by Crippen LogP contribution is 2.25. The SMILES string of the molecule is CCn1c(-c2ccc(Cl)cc2)nc2c(=O)[nH]c(CCC(C)(C)C)nc21. The maximum Gasteiger partial charge on any atom is 0.279 e. The van der Waals surface area contributed by atoms with Gasteiger partial charge in [-0.25, -0.2) is 9.97 Å². The number of rotatable bonds is 4. The van der Waals surface area contributed by atoms with Crippen molar-refractivity contribution in [3.05, 3.63) is 45.5 Å². The summed E-state index contributed by atoms with van der Waals surface area (Å²) in [5.41, 5.74) is 1.94. The maximum atomic E-state index is 12.5. The first-order valence-corrected chi connectivity index (χ1v) is 8.91. The number of aromatic nitrogens is 4. The molecule has 0 saturated carbocycles. The molecule has 0 unspecified atom stereocenters. The van der Waals surface area contributed by atoms with Crippen LogP contribution in [0.1, 0.15) is 39.9 Å². The predicted molar refractivity (Wildman–Crippen MR) is 102 cm³/mol. The van der Waals surface area contributed by atoms with Crippen LogP contribution in [0.5, 0.6) is 0 Å². The smallest absolute Gasteiger partial charge is 0.279 e. The number of benzene rings is 1. The minimum atomic E-state index is -0.184. The van der Waals surface area contributed by atoms with Gasteiger partial charge in [-0.2, -0.15) is 0 Å². The fourth-order valence-corrected chi connectivity index (χ4v) is 2.91. The maximum absolute atomic E-state index is 12.5. The highest BCUT2D eigenvalue weighted by Gasteiger charge is 2.17. The monoisotopic (exact) mass is 358 g/mol. The molecule has 0 saturated heterocycles. The normalized spacial score (nSPS) is 12.0. The predicted octanol–water partition coefficient (Wildman–Crippen LogP) is 4.44. The minimum Gasteiger partial charge on any atom is -0.309 e. The Morgan fingerprint density at radius 2 is 1.84 bits per heavy atom. The van der Waals surface area contributed by atoms with E-state index in [-0.39, 0.29) is 11.0 Å². The van der Waals surface area contributed by atoms with Crippen molar-refractivity contribution in [1.29, 1.82) is 0 Å². The van der Waals surface area contributed by atoms with Crippen LogP contribution in [0, 0.1) is 5.41 Å². The van der Waals surface area contributed by atoms with E-state index in [9.17, 15) is 4.79 Å². The molecule has 1 N–H and O–H groups in total. The van der Waals surface area contributed by atoms with E-state index in [1.807, 2.05) is 35.8 Å². The van der Waals surface area contributed by atoms with E-state index in [0.717, 1.165) is 24.2 Å². The number of H-pyrrole nitrogens is 1. The van der Waals surface area contributed by atoms with Crippen LogP contribution in [0.4, 0.5) is 0 Å². The molecule has 0 radical (unpaired) electrons. The van der Waals surface area contributed by atoms with E-state index in [1.54, 1.807) is 0 Å². The summed E-state index contributed by atoms with van der Waals surface area (Å²) in [5.74, 6) is 1.45. The molecular weight excluding hydrogens is 336 g/mol. The number of fused-ring (bicyclic) bond motifs is 1. The van der Waals surface area contributed by atoms with E-state index in [2.05, 4.69) is 30.7 Å². The van der Waals surface area contributed by atoms with Gasteiger partial charge in [-0.3, -0.25) is 4.79 Å². The summed E-state index contributed by atoms with van der Waals surface area (Å²) < 4.78 is 1.98. The summed E-state index contributed by atoms with van der Waals surface area (Å²) in [4.78, 5) is 24.6. The number of aromatic amines is 1. The minimum absolute atomic E-state index is 0.184. The first kappa shape index (κ1) is 17.7. The number of nitrogens with zero attached hydrogens (tertiary/aromatic N) is 3. The molecule has 6 heteroatoms. The summed E-state index contributed by atoms with van der Waals surface area (Å²) in [6, 6.07) is 7.46. The topological polar surface area (TPSA) is 63.6 Å². The van der Waals surface area contributed by atoms with E-state index < -0.39 is 0 Å². The second-order valence-corrected chi connectivity index (χ2v) is 7.87. The fraction of sp³-hybridized carbons (Fsp3) is 0.421. The second kappa shape index (κ2) is 6.64. The largest absolute Gasteiger partial charge is 0.309 e. The number of hydrogen-bond acceptors (Lipinski definition) is 3. The van der Waals surface area contributed by atoms with Gasteiger partial charge in [0, 0.05) is 23.6 Å². The van der Waals surface area contributed by atoms with E-state index in [0.29, 0.717) is 28.6 Å². The summed E-state index contributed by atoms with van der Waals surface area (Å²) in [5, 5.41) is 0.670. The van der Waals surface area contributed by atoms with Gasteiger partial charge in [0.1, 0.15) is 11.6 Å². The van der Waals surface area contributed by atoms with Crippen LogP contribution in [0.3, 0.4) is 0 Å². The third-order valence-corrected chi connectivity index (χ3v) is 4.44. The van der Waals surface area contributed by atoms with Gasteiger partial charge in [-0.15, -0.1) is 0 Å². The van der Waals surface area contributed by atoms with Gasteiger partial charge >= 0.3 is 0 Å². The number of halogens is 1. The molecule has 0 aliphatic heterocycles. The molecule has 0 bridgehead atoms. The van der Waals surface area contributed by atoms with Gasteiger partial charge in [0.2, 0.25) is 0 Å².